The molecule has 0 aromatic rings. The molecule has 0 aromatic heterocycles. The van der Waals surface area contributed by atoms with Gasteiger partial charge in [-0.15, -0.1) is 11.8 Å². The van der Waals surface area contributed by atoms with Gasteiger partial charge in [-0.3, -0.25) is 9.69 Å². The number of fused-ring (bicyclic) bond motifs is 1. The van der Waals surface area contributed by atoms with Gasteiger partial charge in [-0.05, 0) is 6.42 Å². The lowest BCUT2D eigenvalue weighted by molar-refractivity contribution is -0.145. The van der Waals surface area contributed by atoms with Crippen molar-refractivity contribution in [3.05, 3.63) is 10.6 Å². The molecule has 0 saturated carbocycles. The Morgan fingerprint density at radius 2 is 2.43 bits per heavy atom. The van der Waals surface area contributed by atoms with Crippen molar-refractivity contribution in [1.82, 2.24) is 4.90 Å². The molecular weight excluding hydrogens is 202 g/mol. The first-order valence-electron chi connectivity index (χ1n) is 4.60. The number of carbonyl (C=O) groups excluding carboxylic acids is 1. The number of allylic oxidation sites excluding steroid dienone is 1. The van der Waals surface area contributed by atoms with E-state index in [2.05, 4.69) is 0 Å². The first kappa shape index (κ1) is 9.58. The van der Waals surface area contributed by atoms with E-state index in [1.165, 1.54) is 16.7 Å². The Labute approximate surface area is 86.0 Å². The molecule has 0 radical (unpaired) electrons. The third kappa shape index (κ3) is 1.23. The molecule has 76 valence electrons. The number of carboxylic acid groups (broad SMARTS) is 1. The van der Waals surface area contributed by atoms with Crippen molar-refractivity contribution in [2.45, 2.75) is 31.6 Å². The highest BCUT2D eigenvalue weighted by Gasteiger charge is 2.47. The molecule has 0 spiro atoms. The van der Waals surface area contributed by atoms with Gasteiger partial charge in [-0.1, -0.05) is 13.3 Å². The number of hydrogen-bond acceptors (Lipinski definition) is 3. The van der Waals surface area contributed by atoms with Crippen LogP contribution in [0.15, 0.2) is 10.6 Å². The summed E-state index contributed by atoms with van der Waals surface area (Å²) < 4.78 is 0. The molecule has 2 aliphatic rings. The van der Waals surface area contributed by atoms with Crippen LogP contribution in [0.1, 0.15) is 26.2 Å². The molecule has 0 aromatic carbocycles. The lowest BCUT2D eigenvalue weighted by Gasteiger charge is -2.33. The molecule has 14 heavy (non-hydrogen) atoms. The Kier molecular flexibility index (Phi) is 2.26. The van der Waals surface area contributed by atoms with Crippen LogP contribution in [0, 0.1) is 0 Å². The van der Waals surface area contributed by atoms with Crippen molar-refractivity contribution in [1.29, 1.82) is 0 Å². The molecule has 0 unspecified atom stereocenters. The van der Waals surface area contributed by atoms with Gasteiger partial charge in [-0.2, -0.15) is 0 Å². The van der Waals surface area contributed by atoms with E-state index in [4.69, 9.17) is 5.11 Å². The van der Waals surface area contributed by atoms with E-state index in [-0.39, 0.29) is 17.0 Å². The predicted octanol–water partition coefficient (Wildman–Crippen LogP) is 1.39. The Morgan fingerprint density at radius 3 is 2.93 bits per heavy atom. The summed E-state index contributed by atoms with van der Waals surface area (Å²) in [5.74, 6) is -1.04. The standard InChI is InChI=1S/C9H11NO3S/c1-2-3-5-8(9(12)13)10-6(11)4-7(10)14-5/h7H,2-4H2,1H3,(H,12,13)/t7-/m0/s1. The molecule has 1 N–H and O–H groups in total. The SMILES string of the molecule is CCCC1=C(C(=O)O)N2C(=O)C[C@@H]2S1. The lowest BCUT2D eigenvalue weighted by atomic mass is 10.1. The number of nitrogens with zero attached hydrogens (tertiary/aromatic N) is 1. The summed E-state index contributed by atoms with van der Waals surface area (Å²) in [5.41, 5.74) is 0.220. The quantitative estimate of drug-likeness (QED) is 0.720. The van der Waals surface area contributed by atoms with Crippen LogP contribution in [0.2, 0.25) is 0 Å². The Bertz CT molecular complexity index is 337. The maximum absolute atomic E-state index is 11.2. The Balaban J connectivity index is 2.28. The molecule has 1 atom stereocenters. The van der Waals surface area contributed by atoms with Gasteiger partial charge in [0.2, 0.25) is 5.91 Å². The summed E-state index contributed by atoms with van der Waals surface area (Å²) in [4.78, 5) is 24.4. The van der Waals surface area contributed by atoms with Crippen molar-refractivity contribution in [3.8, 4) is 0 Å². The number of carboxylic acids is 1. The summed E-state index contributed by atoms with van der Waals surface area (Å²) in [6.45, 7) is 2.00. The zero-order valence-electron chi connectivity index (χ0n) is 7.82. The molecule has 2 heterocycles. The van der Waals surface area contributed by atoms with Crippen LogP contribution in [0.4, 0.5) is 0 Å². The molecule has 1 fully saturated rings. The number of hydrogen-bond donors (Lipinski definition) is 1. The maximum Gasteiger partial charge on any atom is 0.353 e. The summed E-state index contributed by atoms with van der Waals surface area (Å²) in [7, 11) is 0. The summed E-state index contributed by atoms with van der Waals surface area (Å²) in [6, 6.07) is 0. The monoisotopic (exact) mass is 213 g/mol. The average Bonchev–Trinajstić information content (AvgIpc) is 2.39. The van der Waals surface area contributed by atoms with Crippen LogP contribution in [0.5, 0.6) is 0 Å². The summed E-state index contributed by atoms with van der Waals surface area (Å²) in [5, 5.41) is 9.05. The average molecular weight is 213 g/mol. The fourth-order valence-electron chi connectivity index (χ4n) is 1.73. The van der Waals surface area contributed by atoms with E-state index in [9.17, 15) is 9.59 Å². The second kappa shape index (κ2) is 3.31. The molecule has 0 bridgehead atoms. The van der Waals surface area contributed by atoms with Crippen LogP contribution in [0.25, 0.3) is 0 Å². The third-order valence-electron chi connectivity index (χ3n) is 2.37. The molecule has 2 aliphatic heterocycles. The molecule has 1 amide bonds. The van der Waals surface area contributed by atoms with Gasteiger partial charge in [-0.25, -0.2) is 4.79 Å². The van der Waals surface area contributed by atoms with Crippen LogP contribution in [-0.2, 0) is 9.59 Å². The normalized spacial score (nSPS) is 25.1. The zero-order chi connectivity index (χ0) is 10.3. The van der Waals surface area contributed by atoms with Crippen LogP contribution in [-0.4, -0.2) is 27.3 Å². The van der Waals surface area contributed by atoms with E-state index in [0.29, 0.717) is 6.42 Å². The van der Waals surface area contributed by atoms with Gasteiger partial charge in [0.05, 0.1) is 11.8 Å². The molecule has 1 saturated heterocycles. The summed E-state index contributed by atoms with van der Waals surface area (Å²) >= 11 is 1.53. The van der Waals surface area contributed by atoms with Crippen molar-refractivity contribution >= 4 is 23.6 Å². The van der Waals surface area contributed by atoms with Gasteiger partial charge in [0.15, 0.2) is 0 Å². The van der Waals surface area contributed by atoms with Crippen LogP contribution >= 0.6 is 11.8 Å². The van der Waals surface area contributed by atoms with Crippen molar-refractivity contribution in [3.63, 3.8) is 0 Å². The number of aliphatic carboxylic acids is 1. The highest BCUT2D eigenvalue weighted by atomic mass is 32.2. The number of β-lactam (4-membered cyclic amide) rings is 1. The fraction of sp³-hybridized carbons (Fsp3) is 0.556. The Hall–Kier alpha value is -0.970. The molecule has 2 rings (SSSR count). The second-order valence-electron chi connectivity index (χ2n) is 3.37. The first-order valence-corrected chi connectivity index (χ1v) is 5.48. The van der Waals surface area contributed by atoms with Gasteiger partial charge in [0.25, 0.3) is 0 Å². The largest absolute Gasteiger partial charge is 0.477 e. The van der Waals surface area contributed by atoms with E-state index >= 15 is 0 Å². The van der Waals surface area contributed by atoms with E-state index in [0.717, 1.165) is 17.7 Å². The van der Waals surface area contributed by atoms with E-state index in [1.807, 2.05) is 6.92 Å². The molecule has 0 aliphatic carbocycles. The molecule has 4 nitrogen and oxygen atoms in total. The van der Waals surface area contributed by atoms with Crippen molar-refractivity contribution < 1.29 is 14.7 Å². The maximum atomic E-state index is 11.2. The number of thioether (sulfide) groups is 1. The van der Waals surface area contributed by atoms with Gasteiger partial charge < -0.3 is 5.11 Å². The van der Waals surface area contributed by atoms with Gasteiger partial charge >= 0.3 is 5.97 Å². The topological polar surface area (TPSA) is 57.6 Å². The van der Waals surface area contributed by atoms with Gasteiger partial charge in [0.1, 0.15) is 5.70 Å². The van der Waals surface area contributed by atoms with Crippen molar-refractivity contribution in [2.75, 3.05) is 0 Å². The van der Waals surface area contributed by atoms with Crippen LogP contribution < -0.4 is 0 Å². The molecule has 5 heteroatoms. The number of rotatable bonds is 3. The van der Waals surface area contributed by atoms with E-state index in [1.54, 1.807) is 0 Å². The molecular formula is C9H11NO3S. The predicted molar refractivity (Wildman–Crippen MR) is 52.4 cm³/mol. The van der Waals surface area contributed by atoms with Crippen LogP contribution in [0.3, 0.4) is 0 Å². The van der Waals surface area contributed by atoms with Gasteiger partial charge in [0, 0.05) is 4.91 Å². The number of carbonyl (C=O) groups is 2. The Morgan fingerprint density at radius 1 is 1.71 bits per heavy atom. The third-order valence-corrected chi connectivity index (χ3v) is 3.70. The second-order valence-corrected chi connectivity index (χ2v) is 4.64. The highest BCUT2D eigenvalue weighted by Crippen LogP contribution is 2.47. The lowest BCUT2D eigenvalue weighted by Crippen LogP contribution is -2.48. The minimum Gasteiger partial charge on any atom is -0.477 e. The number of amides is 1. The summed E-state index contributed by atoms with van der Waals surface area (Å²) in [6.07, 6.45) is 2.15. The minimum atomic E-state index is -0.975. The first-order chi connectivity index (χ1) is 6.65. The highest BCUT2D eigenvalue weighted by molar-refractivity contribution is 8.04. The smallest absolute Gasteiger partial charge is 0.353 e. The fourth-order valence-corrected chi connectivity index (χ4v) is 3.23. The minimum absolute atomic E-state index is 0.0639. The van der Waals surface area contributed by atoms with E-state index < -0.39 is 5.97 Å². The zero-order valence-corrected chi connectivity index (χ0v) is 8.63. The van der Waals surface area contributed by atoms with Crippen molar-refractivity contribution in [2.24, 2.45) is 0 Å².